The number of rotatable bonds is 7. The van der Waals surface area contributed by atoms with E-state index in [-0.39, 0.29) is 16.7 Å². The van der Waals surface area contributed by atoms with Crippen LogP contribution in [0.1, 0.15) is 38.7 Å². The van der Waals surface area contributed by atoms with Crippen molar-refractivity contribution in [3.8, 4) is 0 Å². The highest BCUT2D eigenvalue weighted by Crippen LogP contribution is 2.17. The van der Waals surface area contributed by atoms with E-state index in [2.05, 4.69) is 10.0 Å². The molecule has 1 unspecified atom stereocenters. The molecule has 1 heterocycles. The molecule has 2 N–H and O–H groups in total. The second-order valence-corrected chi connectivity index (χ2v) is 9.22. The van der Waals surface area contributed by atoms with E-state index in [1.807, 2.05) is 27.8 Å². The fraction of sp³-hybridized carbons (Fsp3) is 0.632. The zero-order valence-corrected chi connectivity index (χ0v) is 17.0. The summed E-state index contributed by atoms with van der Waals surface area (Å²) in [6.07, 6.45) is 2.26. The van der Waals surface area contributed by atoms with Crippen molar-refractivity contribution in [3.05, 3.63) is 29.8 Å². The van der Waals surface area contributed by atoms with Gasteiger partial charge < -0.3 is 10.2 Å². The number of hydrogen-bond acceptors (Lipinski definition) is 4. The van der Waals surface area contributed by atoms with E-state index in [1.54, 1.807) is 29.2 Å². The highest BCUT2D eigenvalue weighted by molar-refractivity contribution is 7.89. The van der Waals surface area contributed by atoms with Gasteiger partial charge >= 0.3 is 0 Å². The Balaban J connectivity index is 2.13. The highest BCUT2D eigenvalue weighted by atomic mass is 32.2. The van der Waals surface area contributed by atoms with Gasteiger partial charge in [0, 0.05) is 19.1 Å². The number of carbonyl (C=O) groups excluding carboxylic acids is 1. The van der Waals surface area contributed by atoms with Crippen LogP contribution in [0.4, 0.5) is 0 Å². The molecule has 1 aliphatic heterocycles. The summed E-state index contributed by atoms with van der Waals surface area (Å²) in [6.45, 7) is 7.21. The van der Waals surface area contributed by atoms with Crippen LogP contribution in [0.5, 0.6) is 0 Å². The van der Waals surface area contributed by atoms with Crippen molar-refractivity contribution in [2.45, 2.75) is 57.0 Å². The molecule has 1 atom stereocenters. The van der Waals surface area contributed by atoms with Crippen molar-refractivity contribution in [2.75, 3.05) is 20.1 Å². The van der Waals surface area contributed by atoms with Crippen LogP contribution in [0.15, 0.2) is 29.2 Å². The van der Waals surface area contributed by atoms with Crippen LogP contribution in [0.3, 0.4) is 0 Å². The van der Waals surface area contributed by atoms with Crippen LogP contribution >= 0.6 is 0 Å². The lowest BCUT2D eigenvalue weighted by molar-refractivity contribution is -0.134. The molecular weight excluding hydrogens is 350 g/mol. The number of benzene rings is 1. The molecule has 1 aliphatic rings. The number of likely N-dealkylation sites (tertiary alicyclic amines) is 1. The van der Waals surface area contributed by atoms with Crippen LogP contribution in [0.2, 0.25) is 0 Å². The minimum atomic E-state index is -3.73. The molecule has 1 amide bonds. The second-order valence-electron chi connectivity index (χ2n) is 7.50. The molecule has 0 aromatic heterocycles. The minimum Gasteiger partial charge on any atom is -0.341 e. The summed E-state index contributed by atoms with van der Waals surface area (Å²) >= 11 is 0. The lowest BCUT2D eigenvalue weighted by Gasteiger charge is -2.34. The van der Waals surface area contributed by atoms with Gasteiger partial charge in [0.1, 0.15) is 6.04 Å². The Morgan fingerprint density at radius 2 is 1.77 bits per heavy atom. The van der Waals surface area contributed by atoms with E-state index in [4.69, 9.17) is 0 Å². The molecule has 0 spiro atoms. The van der Waals surface area contributed by atoms with E-state index in [0.29, 0.717) is 25.6 Å². The minimum absolute atomic E-state index is 0.121. The van der Waals surface area contributed by atoms with E-state index >= 15 is 0 Å². The summed E-state index contributed by atoms with van der Waals surface area (Å²) in [6, 6.07) is 6.37. The molecule has 146 valence electrons. The third kappa shape index (κ3) is 5.53. The van der Waals surface area contributed by atoms with Gasteiger partial charge in [-0.1, -0.05) is 31.5 Å². The smallest absolute Gasteiger partial charge is 0.241 e. The monoisotopic (exact) mass is 381 g/mol. The van der Waals surface area contributed by atoms with Gasteiger partial charge in [-0.15, -0.1) is 0 Å². The van der Waals surface area contributed by atoms with Crippen molar-refractivity contribution < 1.29 is 13.2 Å². The van der Waals surface area contributed by atoms with E-state index in [0.717, 1.165) is 18.4 Å². The van der Waals surface area contributed by atoms with E-state index in [9.17, 15) is 13.2 Å². The second kappa shape index (κ2) is 8.97. The van der Waals surface area contributed by atoms with Crippen molar-refractivity contribution >= 4 is 15.9 Å². The molecule has 0 saturated carbocycles. The SMILES string of the molecule is CNC1CCN(C(=O)C(CC(C)C)NS(=O)(=O)c2ccc(C)cc2)CC1. The Morgan fingerprint density at radius 3 is 2.27 bits per heavy atom. The normalized spacial score (nSPS) is 17.5. The topological polar surface area (TPSA) is 78.5 Å². The molecule has 0 radical (unpaired) electrons. The average Bonchev–Trinajstić information content (AvgIpc) is 2.60. The molecule has 26 heavy (non-hydrogen) atoms. The lowest BCUT2D eigenvalue weighted by atomic mass is 10.0. The molecule has 1 aromatic rings. The summed E-state index contributed by atoms with van der Waals surface area (Å²) in [5, 5.41) is 3.24. The van der Waals surface area contributed by atoms with Crippen molar-refractivity contribution in [2.24, 2.45) is 5.92 Å². The van der Waals surface area contributed by atoms with Gasteiger partial charge in [-0.2, -0.15) is 4.72 Å². The van der Waals surface area contributed by atoms with Gasteiger partial charge in [-0.3, -0.25) is 4.79 Å². The van der Waals surface area contributed by atoms with Crippen molar-refractivity contribution in [1.82, 2.24) is 14.9 Å². The largest absolute Gasteiger partial charge is 0.341 e. The number of sulfonamides is 1. The third-order valence-electron chi connectivity index (χ3n) is 4.85. The molecule has 1 fully saturated rings. The fourth-order valence-electron chi connectivity index (χ4n) is 3.25. The van der Waals surface area contributed by atoms with Gasteiger partial charge in [-0.25, -0.2) is 8.42 Å². The first-order valence-electron chi connectivity index (χ1n) is 9.28. The Kier molecular flexibility index (Phi) is 7.20. The maximum Gasteiger partial charge on any atom is 0.241 e. The standard InChI is InChI=1S/C19H31N3O3S/c1-14(2)13-18(19(23)22-11-9-16(20-4)10-12-22)21-26(24,25)17-7-5-15(3)6-8-17/h5-8,14,16,18,20-21H,9-13H2,1-4H3. The van der Waals surface area contributed by atoms with Crippen molar-refractivity contribution in [1.29, 1.82) is 0 Å². The van der Waals surface area contributed by atoms with Gasteiger partial charge in [-0.05, 0) is 51.3 Å². The fourth-order valence-corrected chi connectivity index (χ4v) is 4.45. The van der Waals surface area contributed by atoms with E-state index < -0.39 is 16.1 Å². The van der Waals surface area contributed by atoms with E-state index in [1.165, 1.54) is 0 Å². The highest BCUT2D eigenvalue weighted by Gasteiger charge is 2.31. The maximum absolute atomic E-state index is 13.0. The van der Waals surface area contributed by atoms with Gasteiger partial charge in [0.15, 0.2) is 0 Å². The average molecular weight is 382 g/mol. The first kappa shape index (κ1) is 20.9. The van der Waals surface area contributed by atoms with Crippen LogP contribution < -0.4 is 10.0 Å². The Bertz CT molecular complexity index is 693. The number of hydrogen-bond donors (Lipinski definition) is 2. The first-order chi connectivity index (χ1) is 12.2. The summed E-state index contributed by atoms with van der Waals surface area (Å²) in [7, 11) is -1.80. The number of aryl methyl sites for hydroxylation is 1. The molecule has 1 saturated heterocycles. The Morgan fingerprint density at radius 1 is 1.19 bits per heavy atom. The van der Waals surface area contributed by atoms with Crippen LogP contribution in [-0.2, 0) is 14.8 Å². The van der Waals surface area contributed by atoms with Crippen LogP contribution in [0, 0.1) is 12.8 Å². The zero-order chi connectivity index (χ0) is 19.3. The summed E-state index contributed by atoms with van der Waals surface area (Å²) in [5.41, 5.74) is 0.992. The number of nitrogens with one attached hydrogen (secondary N) is 2. The predicted octanol–water partition coefficient (Wildman–Crippen LogP) is 1.90. The Hall–Kier alpha value is -1.44. The number of amides is 1. The third-order valence-corrected chi connectivity index (χ3v) is 6.34. The maximum atomic E-state index is 13.0. The molecule has 0 aliphatic carbocycles. The van der Waals surface area contributed by atoms with Crippen molar-refractivity contribution in [3.63, 3.8) is 0 Å². The van der Waals surface area contributed by atoms with Crippen LogP contribution in [0.25, 0.3) is 0 Å². The molecule has 7 heteroatoms. The van der Waals surface area contributed by atoms with Crippen LogP contribution in [-0.4, -0.2) is 51.4 Å². The van der Waals surface area contributed by atoms with Gasteiger partial charge in [0.05, 0.1) is 4.90 Å². The molecule has 6 nitrogen and oxygen atoms in total. The summed E-state index contributed by atoms with van der Waals surface area (Å²) in [5.74, 6) is 0.0865. The molecular formula is C19H31N3O3S. The zero-order valence-electron chi connectivity index (χ0n) is 16.2. The number of carbonyl (C=O) groups is 1. The Labute approximate surface area is 157 Å². The number of piperidine rings is 1. The molecule has 0 bridgehead atoms. The predicted molar refractivity (Wildman–Crippen MR) is 103 cm³/mol. The number of nitrogens with zero attached hydrogens (tertiary/aromatic N) is 1. The molecule has 2 rings (SSSR count). The van der Waals surface area contributed by atoms with Gasteiger partial charge in [0.2, 0.25) is 15.9 Å². The first-order valence-corrected chi connectivity index (χ1v) is 10.8. The molecule has 1 aromatic carbocycles. The quantitative estimate of drug-likeness (QED) is 0.756. The lowest BCUT2D eigenvalue weighted by Crippen LogP contribution is -2.52. The van der Waals surface area contributed by atoms with Gasteiger partial charge in [0.25, 0.3) is 0 Å². The summed E-state index contributed by atoms with van der Waals surface area (Å²) < 4.78 is 28.1. The summed E-state index contributed by atoms with van der Waals surface area (Å²) in [4.78, 5) is 15.0.